The molecule has 1 aromatic rings. The van der Waals surface area contributed by atoms with Crippen molar-refractivity contribution in [1.29, 1.82) is 5.26 Å². The minimum atomic E-state index is -0.706. The van der Waals surface area contributed by atoms with Gasteiger partial charge in [0.25, 0.3) is 0 Å². The molecule has 1 aromatic heterocycles. The molecule has 1 aliphatic rings. The molecule has 0 aromatic carbocycles. The standard InChI is InChI=1S/C11H14N4O/c1-11(16)4-2-6-15(8-11)10-9(7-12)3-5-13-14-10/h3,5,16H,2,4,6,8H2,1H3. The molecule has 16 heavy (non-hydrogen) atoms. The van der Waals surface area contributed by atoms with Gasteiger partial charge in [-0.2, -0.15) is 10.4 Å². The van der Waals surface area contributed by atoms with Gasteiger partial charge < -0.3 is 10.0 Å². The van der Waals surface area contributed by atoms with Crippen molar-refractivity contribution in [3.05, 3.63) is 17.8 Å². The zero-order chi connectivity index (χ0) is 11.6. The molecule has 1 fully saturated rings. The predicted molar refractivity (Wildman–Crippen MR) is 58.8 cm³/mol. The second kappa shape index (κ2) is 4.06. The predicted octanol–water partition coefficient (Wildman–Crippen LogP) is 0.699. The lowest BCUT2D eigenvalue weighted by Gasteiger charge is -2.37. The third-order valence-electron chi connectivity index (χ3n) is 2.80. The summed E-state index contributed by atoms with van der Waals surface area (Å²) in [4.78, 5) is 1.93. The zero-order valence-electron chi connectivity index (χ0n) is 9.22. The van der Waals surface area contributed by atoms with Crippen LogP contribution in [0.15, 0.2) is 12.3 Å². The maximum atomic E-state index is 10.00. The number of hydrogen-bond acceptors (Lipinski definition) is 5. The largest absolute Gasteiger partial charge is 0.388 e. The molecule has 0 amide bonds. The Hall–Kier alpha value is -1.67. The van der Waals surface area contributed by atoms with E-state index < -0.39 is 5.60 Å². The van der Waals surface area contributed by atoms with Gasteiger partial charge in [0.1, 0.15) is 6.07 Å². The lowest BCUT2D eigenvalue weighted by atomic mass is 9.95. The maximum Gasteiger partial charge on any atom is 0.169 e. The minimum absolute atomic E-state index is 0.500. The van der Waals surface area contributed by atoms with Crippen molar-refractivity contribution in [2.24, 2.45) is 0 Å². The molecule has 84 valence electrons. The summed E-state index contributed by atoms with van der Waals surface area (Å²) in [5.41, 5.74) is -0.199. The lowest BCUT2D eigenvalue weighted by Crippen LogP contribution is -2.46. The Morgan fingerprint density at radius 3 is 3.12 bits per heavy atom. The summed E-state index contributed by atoms with van der Waals surface area (Å²) in [5, 5.41) is 26.7. The summed E-state index contributed by atoms with van der Waals surface area (Å²) < 4.78 is 0. The molecule has 1 aliphatic heterocycles. The van der Waals surface area contributed by atoms with Crippen molar-refractivity contribution in [1.82, 2.24) is 10.2 Å². The van der Waals surface area contributed by atoms with Crippen LogP contribution in [0.1, 0.15) is 25.3 Å². The van der Waals surface area contributed by atoms with Crippen LogP contribution < -0.4 is 4.90 Å². The van der Waals surface area contributed by atoms with Crippen LogP contribution in [0.2, 0.25) is 0 Å². The second-order valence-corrected chi connectivity index (χ2v) is 4.40. The van der Waals surface area contributed by atoms with Gasteiger partial charge in [0, 0.05) is 13.1 Å². The molecule has 2 heterocycles. The molecule has 5 nitrogen and oxygen atoms in total. The van der Waals surface area contributed by atoms with Crippen LogP contribution >= 0.6 is 0 Å². The molecule has 2 rings (SSSR count). The molecule has 1 atom stereocenters. The smallest absolute Gasteiger partial charge is 0.169 e. The number of hydrogen-bond donors (Lipinski definition) is 1. The summed E-state index contributed by atoms with van der Waals surface area (Å²) in [5.74, 6) is 0.574. The number of rotatable bonds is 1. The van der Waals surface area contributed by atoms with E-state index in [4.69, 9.17) is 5.26 Å². The Labute approximate surface area is 94.3 Å². The number of piperidine rings is 1. The van der Waals surface area contributed by atoms with Gasteiger partial charge in [0.05, 0.1) is 17.4 Å². The van der Waals surface area contributed by atoms with Gasteiger partial charge in [-0.25, -0.2) is 0 Å². The summed E-state index contributed by atoms with van der Waals surface area (Å²) in [6.07, 6.45) is 3.18. The van der Waals surface area contributed by atoms with E-state index in [-0.39, 0.29) is 0 Å². The first-order valence-corrected chi connectivity index (χ1v) is 5.31. The van der Waals surface area contributed by atoms with E-state index in [0.717, 1.165) is 19.4 Å². The van der Waals surface area contributed by atoms with Gasteiger partial charge >= 0.3 is 0 Å². The number of aromatic nitrogens is 2. The Morgan fingerprint density at radius 1 is 1.62 bits per heavy atom. The number of nitriles is 1. The number of nitrogens with zero attached hydrogens (tertiary/aromatic N) is 4. The van der Waals surface area contributed by atoms with Gasteiger partial charge in [-0.05, 0) is 25.8 Å². The molecule has 1 N–H and O–H groups in total. The van der Waals surface area contributed by atoms with Crippen LogP contribution in [0.4, 0.5) is 5.82 Å². The second-order valence-electron chi connectivity index (χ2n) is 4.40. The Kier molecular flexibility index (Phi) is 2.75. The Morgan fingerprint density at radius 2 is 2.44 bits per heavy atom. The van der Waals surface area contributed by atoms with Crippen molar-refractivity contribution >= 4 is 5.82 Å². The molecule has 0 saturated carbocycles. The van der Waals surface area contributed by atoms with Crippen molar-refractivity contribution in [3.8, 4) is 6.07 Å². The van der Waals surface area contributed by atoms with E-state index in [0.29, 0.717) is 17.9 Å². The van der Waals surface area contributed by atoms with Gasteiger partial charge in [-0.1, -0.05) is 0 Å². The number of anilines is 1. The van der Waals surface area contributed by atoms with E-state index in [1.165, 1.54) is 6.20 Å². The summed E-state index contributed by atoms with van der Waals surface area (Å²) in [6.45, 7) is 3.12. The summed E-state index contributed by atoms with van der Waals surface area (Å²) in [7, 11) is 0. The maximum absolute atomic E-state index is 10.00. The minimum Gasteiger partial charge on any atom is -0.388 e. The first kappa shape index (κ1) is 10.8. The highest BCUT2D eigenvalue weighted by Gasteiger charge is 2.30. The van der Waals surface area contributed by atoms with Gasteiger partial charge in [-0.3, -0.25) is 0 Å². The highest BCUT2D eigenvalue weighted by atomic mass is 16.3. The summed E-state index contributed by atoms with van der Waals surface area (Å²) >= 11 is 0. The van der Waals surface area contributed by atoms with E-state index in [2.05, 4.69) is 16.3 Å². The first-order valence-electron chi connectivity index (χ1n) is 5.31. The topological polar surface area (TPSA) is 73.0 Å². The molecule has 0 spiro atoms. The van der Waals surface area contributed by atoms with Crippen molar-refractivity contribution in [3.63, 3.8) is 0 Å². The van der Waals surface area contributed by atoms with Crippen molar-refractivity contribution in [2.75, 3.05) is 18.0 Å². The van der Waals surface area contributed by atoms with E-state index in [9.17, 15) is 5.11 Å². The van der Waals surface area contributed by atoms with Crippen LogP contribution in [0.25, 0.3) is 0 Å². The molecule has 1 saturated heterocycles. The van der Waals surface area contributed by atoms with Gasteiger partial charge in [-0.15, -0.1) is 5.10 Å². The number of aliphatic hydroxyl groups is 1. The SMILES string of the molecule is CC1(O)CCCN(c2nnccc2C#N)C1. The quantitative estimate of drug-likeness (QED) is 0.751. The molecule has 0 aliphatic carbocycles. The third-order valence-corrected chi connectivity index (χ3v) is 2.80. The molecular formula is C11H14N4O. The van der Waals surface area contributed by atoms with Crippen LogP contribution in [0.3, 0.4) is 0 Å². The third kappa shape index (κ3) is 2.12. The van der Waals surface area contributed by atoms with Gasteiger partial charge in [0.2, 0.25) is 0 Å². The average Bonchev–Trinajstić information content (AvgIpc) is 2.27. The fourth-order valence-corrected chi connectivity index (χ4v) is 2.05. The van der Waals surface area contributed by atoms with Crippen molar-refractivity contribution in [2.45, 2.75) is 25.4 Å². The van der Waals surface area contributed by atoms with E-state index in [1.54, 1.807) is 6.07 Å². The Bertz CT molecular complexity index is 424. The fraction of sp³-hybridized carbons (Fsp3) is 0.545. The highest BCUT2D eigenvalue weighted by Crippen LogP contribution is 2.25. The molecular weight excluding hydrogens is 204 g/mol. The lowest BCUT2D eigenvalue weighted by molar-refractivity contribution is 0.0446. The molecule has 5 heteroatoms. The molecule has 0 bridgehead atoms. The van der Waals surface area contributed by atoms with Crippen LogP contribution in [0.5, 0.6) is 0 Å². The average molecular weight is 218 g/mol. The Balaban J connectivity index is 2.27. The van der Waals surface area contributed by atoms with Crippen LogP contribution in [-0.4, -0.2) is 34.0 Å². The monoisotopic (exact) mass is 218 g/mol. The zero-order valence-corrected chi connectivity index (χ0v) is 9.22. The number of β-amino-alcohol motifs (C(OH)–C–C–N with tert-alkyl or cyclic N) is 1. The fourth-order valence-electron chi connectivity index (χ4n) is 2.05. The van der Waals surface area contributed by atoms with Crippen LogP contribution in [0, 0.1) is 11.3 Å². The van der Waals surface area contributed by atoms with Crippen LogP contribution in [-0.2, 0) is 0 Å². The first-order chi connectivity index (χ1) is 7.62. The van der Waals surface area contributed by atoms with E-state index in [1.807, 2.05) is 11.8 Å². The normalized spacial score (nSPS) is 25.2. The van der Waals surface area contributed by atoms with Crippen molar-refractivity contribution < 1.29 is 5.11 Å². The summed E-state index contributed by atoms with van der Waals surface area (Å²) in [6, 6.07) is 3.74. The van der Waals surface area contributed by atoms with E-state index >= 15 is 0 Å². The highest BCUT2D eigenvalue weighted by molar-refractivity contribution is 5.53. The van der Waals surface area contributed by atoms with Gasteiger partial charge in [0.15, 0.2) is 5.82 Å². The molecule has 1 unspecified atom stereocenters. The molecule has 0 radical (unpaired) electrons.